The Labute approximate surface area is 292 Å². The second-order valence-electron chi connectivity index (χ2n) is 14.2. The van der Waals surface area contributed by atoms with Crippen LogP contribution in [-0.4, -0.2) is 105 Å². The molecule has 262 valence electrons. The van der Waals surface area contributed by atoms with Crippen LogP contribution in [0.25, 0.3) is 32.9 Å². The average molecular weight is 695 g/mol. The Balaban J connectivity index is 1.24. The van der Waals surface area contributed by atoms with Crippen LogP contribution in [0.4, 0.5) is 19.4 Å². The number of terminal acetylenes is 1. The SMILES string of the molecule is C#Cc1c(F)ccc2cccc(-c3nc4c5c(nc(OCC67CC(OC)CN6CCC7=C)nc5c3F)N3CC5CCC(C3C(C)O4)N5C(=O)O)c12. The average Bonchev–Trinajstić information content (AvgIpc) is 3.73. The molecule has 0 saturated carbocycles. The van der Waals surface area contributed by atoms with Gasteiger partial charge in [-0.25, -0.2) is 18.6 Å². The largest absolute Gasteiger partial charge is 0.472 e. The summed E-state index contributed by atoms with van der Waals surface area (Å²) < 4.78 is 51.1. The Kier molecular flexibility index (Phi) is 7.18. The Hall–Kier alpha value is -5.06. The van der Waals surface area contributed by atoms with Crippen molar-refractivity contribution >= 4 is 33.6 Å². The quantitative estimate of drug-likeness (QED) is 0.216. The maximum atomic E-state index is 17.3. The monoisotopic (exact) mass is 694 g/mol. The lowest BCUT2D eigenvalue weighted by Gasteiger charge is -2.47. The number of fused-ring (bicyclic) bond motifs is 7. The standard InChI is InChI=1S/C38H36F2N6O5/c1-5-24-26(39)11-9-21-7-6-8-25(28(21)24)31-30(40)32-29-34(43-36(42-32)50-18-38-15-23(49-4)17-44(38)14-13-19(38)2)45-16-22-10-12-27(46(22)37(47)48)33(45)20(3)51-35(29)41-31/h1,6-9,11,20,22-23,27,33H,2,10,12-18H2,3-4H3,(H,47,48). The molecule has 0 radical (unpaired) electrons. The maximum absolute atomic E-state index is 17.3. The third-order valence-corrected chi connectivity index (χ3v) is 11.8. The molecule has 2 bridgehead atoms. The van der Waals surface area contributed by atoms with Gasteiger partial charge in [-0.15, -0.1) is 6.42 Å². The number of methoxy groups -OCH3 is 1. The molecule has 4 fully saturated rings. The number of pyridine rings is 1. The number of ether oxygens (including phenoxy) is 3. The second-order valence-corrected chi connectivity index (χ2v) is 14.2. The number of anilines is 1. The van der Waals surface area contributed by atoms with Crippen molar-refractivity contribution in [1.82, 2.24) is 24.8 Å². The van der Waals surface area contributed by atoms with E-state index in [-0.39, 0.29) is 64.4 Å². The molecular formula is C38H36F2N6O5. The minimum atomic E-state index is -0.988. The van der Waals surface area contributed by atoms with E-state index in [1.165, 1.54) is 11.0 Å². The lowest BCUT2D eigenvalue weighted by molar-refractivity contribution is 0.0706. The van der Waals surface area contributed by atoms with Crippen molar-refractivity contribution in [3.8, 4) is 35.5 Å². The van der Waals surface area contributed by atoms with Crippen LogP contribution >= 0.6 is 0 Å². The summed E-state index contributed by atoms with van der Waals surface area (Å²) in [6, 6.07) is 6.87. The summed E-state index contributed by atoms with van der Waals surface area (Å²) in [4.78, 5) is 32.7. The van der Waals surface area contributed by atoms with Crippen LogP contribution in [0, 0.1) is 24.0 Å². The molecule has 13 heteroatoms. The van der Waals surface area contributed by atoms with Gasteiger partial charge in [-0.1, -0.05) is 42.3 Å². The van der Waals surface area contributed by atoms with Gasteiger partial charge in [-0.3, -0.25) is 9.80 Å². The van der Waals surface area contributed by atoms with Crippen LogP contribution in [0.3, 0.4) is 0 Å². The van der Waals surface area contributed by atoms with Gasteiger partial charge in [-0.05, 0) is 37.6 Å². The fourth-order valence-corrected chi connectivity index (χ4v) is 9.41. The number of hydrogen-bond acceptors (Lipinski definition) is 9. The number of piperazine rings is 1. The molecule has 2 aromatic heterocycles. The molecule has 5 aliphatic heterocycles. The van der Waals surface area contributed by atoms with Crippen LogP contribution in [0.2, 0.25) is 0 Å². The van der Waals surface area contributed by atoms with E-state index in [9.17, 15) is 9.90 Å². The first-order chi connectivity index (χ1) is 24.6. The van der Waals surface area contributed by atoms with Gasteiger partial charge in [0.2, 0.25) is 5.88 Å². The van der Waals surface area contributed by atoms with Gasteiger partial charge in [0, 0.05) is 44.1 Å². The zero-order valence-electron chi connectivity index (χ0n) is 28.2. The Bertz CT molecular complexity index is 2210. The van der Waals surface area contributed by atoms with Gasteiger partial charge in [0.25, 0.3) is 0 Å². The third kappa shape index (κ3) is 4.55. The zero-order valence-corrected chi connectivity index (χ0v) is 28.2. The van der Waals surface area contributed by atoms with Gasteiger partial charge in [0.15, 0.2) is 5.82 Å². The molecule has 1 amide bonds. The fourth-order valence-electron chi connectivity index (χ4n) is 9.41. The van der Waals surface area contributed by atoms with E-state index >= 15 is 8.78 Å². The molecule has 1 N–H and O–H groups in total. The van der Waals surface area contributed by atoms with E-state index in [2.05, 4.69) is 22.4 Å². The Morgan fingerprint density at radius 1 is 1.18 bits per heavy atom. The molecule has 7 heterocycles. The lowest BCUT2D eigenvalue weighted by Crippen LogP contribution is -2.64. The van der Waals surface area contributed by atoms with E-state index in [4.69, 9.17) is 30.6 Å². The highest BCUT2D eigenvalue weighted by Gasteiger charge is 2.54. The highest BCUT2D eigenvalue weighted by molar-refractivity contribution is 6.03. The normalized spacial score (nSPS) is 28.1. The van der Waals surface area contributed by atoms with E-state index in [1.54, 1.807) is 31.4 Å². The third-order valence-electron chi connectivity index (χ3n) is 11.8. The molecule has 4 saturated heterocycles. The molecule has 9 rings (SSSR count). The van der Waals surface area contributed by atoms with Crippen molar-refractivity contribution in [2.75, 3.05) is 38.3 Å². The predicted molar refractivity (Wildman–Crippen MR) is 185 cm³/mol. The van der Waals surface area contributed by atoms with Crippen LogP contribution in [0.1, 0.15) is 38.2 Å². The summed E-state index contributed by atoms with van der Waals surface area (Å²) >= 11 is 0. The highest BCUT2D eigenvalue weighted by atomic mass is 19.1. The first kappa shape index (κ1) is 31.9. The lowest BCUT2D eigenvalue weighted by atomic mass is 9.90. The molecule has 51 heavy (non-hydrogen) atoms. The van der Waals surface area contributed by atoms with Gasteiger partial charge in [0.05, 0.1) is 35.3 Å². The molecule has 5 aliphatic rings. The first-order valence-electron chi connectivity index (χ1n) is 17.3. The van der Waals surface area contributed by atoms with E-state index < -0.39 is 35.4 Å². The number of halogens is 2. The summed E-state index contributed by atoms with van der Waals surface area (Å²) in [5, 5.41) is 11.4. The maximum Gasteiger partial charge on any atom is 0.407 e. The number of carboxylic acid groups (broad SMARTS) is 1. The number of nitrogens with zero attached hydrogens (tertiary/aromatic N) is 6. The first-order valence-corrected chi connectivity index (χ1v) is 17.3. The number of hydrogen-bond donors (Lipinski definition) is 1. The molecule has 0 aliphatic carbocycles. The molecule has 4 aromatic rings. The van der Waals surface area contributed by atoms with Crippen LogP contribution in [0.15, 0.2) is 42.5 Å². The minimum Gasteiger partial charge on any atom is -0.472 e. The number of benzene rings is 2. The molecule has 0 spiro atoms. The van der Waals surface area contributed by atoms with E-state index in [1.807, 2.05) is 11.8 Å². The smallest absolute Gasteiger partial charge is 0.407 e. The summed E-state index contributed by atoms with van der Waals surface area (Å²) in [6.07, 6.45) is 7.08. The van der Waals surface area contributed by atoms with Crippen LogP contribution in [0.5, 0.6) is 11.9 Å². The van der Waals surface area contributed by atoms with Gasteiger partial charge < -0.3 is 24.2 Å². The fraction of sp³-hybridized carbons (Fsp3) is 0.421. The number of aromatic nitrogens is 3. The summed E-state index contributed by atoms with van der Waals surface area (Å²) in [5.74, 6) is 1.51. The van der Waals surface area contributed by atoms with E-state index in [0.717, 1.165) is 25.1 Å². The molecule has 2 aromatic carbocycles. The Morgan fingerprint density at radius 3 is 2.80 bits per heavy atom. The minimum absolute atomic E-state index is 0.00889. The molecular weight excluding hydrogens is 658 g/mol. The molecule has 6 unspecified atom stereocenters. The van der Waals surface area contributed by atoms with Crippen molar-refractivity contribution < 1.29 is 32.9 Å². The summed E-state index contributed by atoms with van der Waals surface area (Å²) in [5.41, 5.74) is 0.635. The second kappa shape index (κ2) is 11.5. The predicted octanol–water partition coefficient (Wildman–Crippen LogP) is 5.38. The van der Waals surface area contributed by atoms with Crippen LogP contribution in [-0.2, 0) is 4.74 Å². The summed E-state index contributed by atoms with van der Waals surface area (Å²) in [7, 11) is 1.70. The topological polar surface area (TPSA) is 113 Å². The zero-order chi connectivity index (χ0) is 35.3. The Morgan fingerprint density at radius 2 is 2.02 bits per heavy atom. The van der Waals surface area contributed by atoms with Crippen molar-refractivity contribution in [1.29, 1.82) is 0 Å². The van der Waals surface area contributed by atoms with Gasteiger partial charge >= 0.3 is 12.1 Å². The van der Waals surface area contributed by atoms with Crippen molar-refractivity contribution in [2.45, 2.75) is 68.5 Å². The van der Waals surface area contributed by atoms with Crippen molar-refractivity contribution in [2.24, 2.45) is 0 Å². The number of amides is 1. The number of rotatable bonds is 5. The summed E-state index contributed by atoms with van der Waals surface area (Å²) in [6.45, 7) is 8.32. The van der Waals surface area contributed by atoms with Gasteiger partial charge in [-0.2, -0.15) is 9.97 Å². The van der Waals surface area contributed by atoms with Gasteiger partial charge in [0.1, 0.15) is 40.9 Å². The van der Waals surface area contributed by atoms with E-state index in [0.29, 0.717) is 42.4 Å². The molecule has 11 nitrogen and oxygen atoms in total. The van der Waals surface area contributed by atoms with Crippen LogP contribution < -0.4 is 14.4 Å². The highest BCUT2D eigenvalue weighted by Crippen LogP contribution is 2.48. The van der Waals surface area contributed by atoms with Crippen molar-refractivity contribution in [3.05, 3.63) is 59.7 Å². The molecule has 6 atom stereocenters. The number of carbonyl (C=O) groups is 1. The van der Waals surface area contributed by atoms with Crippen molar-refractivity contribution in [3.63, 3.8) is 0 Å².